The minimum absolute atomic E-state index is 0.450. The van der Waals surface area contributed by atoms with Gasteiger partial charge in [-0.3, -0.25) is 9.69 Å². The van der Waals surface area contributed by atoms with Crippen LogP contribution in [0.25, 0.3) is 0 Å². The molecule has 0 radical (unpaired) electrons. The van der Waals surface area contributed by atoms with Gasteiger partial charge in [0.2, 0.25) is 0 Å². The molecule has 0 spiro atoms. The fraction of sp³-hybridized carbons (Fsp3) is 0.786. The molecule has 1 aliphatic carbocycles. The maximum absolute atomic E-state index is 11.4. The second-order valence-electron chi connectivity index (χ2n) is 5.40. The van der Waals surface area contributed by atoms with Crippen LogP contribution in [-0.4, -0.2) is 35.1 Å². The lowest BCUT2D eigenvalue weighted by atomic mass is 9.76. The molecule has 2 aliphatic rings. The van der Waals surface area contributed by atoms with Crippen molar-refractivity contribution in [3.05, 3.63) is 12.2 Å². The van der Waals surface area contributed by atoms with Gasteiger partial charge in [0.25, 0.3) is 0 Å². The molecular weight excluding hydrogens is 214 g/mol. The van der Waals surface area contributed by atoms with Gasteiger partial charge in [-0.15, -0.1) is 0 Å². The van der Waals surface area contributed by atoms with E-state index in [9.17, 15) is 9.90 Å². The Hall–Kier alpha value is -0.830. The third-order valence-electron chi connectivity index (χ3n) is 4.58. The molecule has 0 aromatic heterocycles. The van der Waals surface area contributed by atoms with Gasteiger partial charge in [0.1, 0.15) is 0 Å². The van der Waals surface area contributed by atoms with Crippen molar-refractivity contribution in [3.8, 4) is 0 Å². The van der Waals surface area contributed by atoms with Crippen molar-refractivity contribution >= 4 is 5.97 Å². The maximum Gasteiger partial charge on any atom is 0.309 e. The summed E-state index contributed by atoms with van der Waals surface area (Å²) in [6.07, 6.45) is 10.7. The third-order valence-corrected chi connectivity index (χ3v) is 4.58. The van der Waals surface area contributed by atoms with Crippen LogP contribution in [0.2, 0.25) is 0 Å². The van der Waals surface area contributed by atoms with Crippen molar-refractivity contribution in [2.45, 2.75) is 51.5 Å². The predicted molar refractivity (Wildman–Crippen MR) is 67.9 cm³/mol. The van der Waals surface area contributed by atoms with Crippen molar-refractivity contribution in [1.29, 1.82) is 0 Å². The number of carboxylic acid groups (broad SMARTS) is 1. The Morgan fingerprint density at radius 2 is 2.18 bits per heavy atom. The molecule has 2 rings (SSSR count). The van der Waals surface area contributed by atoms with Crippen LogP contribution in [0.15, 0.2) is 12.2 Å². The molecule has 1 atom stereocenters. The Kier molecular flexibility index (Phi) is 3.87. The first kappa shape index (κ1) is 12.6. The predicted octanol–water partition coefficient (Wildman–Crippen LogP) is 2.67. The molecule has 0 amide bonds. The number of hydrogen-bond donors (Lipinski definition) is 1. The Bertz CT molecular complexity index is 303. The first-order valence-electron chi connectivity index (χ1n) is 6.82. The van der Waals surface area contributed by atoms with Crippen LogP contribution in [0, 0.1) is 5.41 Å². The molecule has 1 N–H and O–H groups in total. The minimum atomic E-state index is -0.598. The van der Waals surface area contributed by atoms with E-state index in [0.29, 0.717) is 6.04 Å². The van der Waals surface area contributed by atoms with Gasteiger partial charge in [0.15, 0.2) is 0 Å². The van der Waals surface area contributed by atoms with Gasteiger partial charge in [0, 0.05) is 6.04 Å². The third kappa shape index (κ3) is 2.54. The largest absolute Gasteiger partial charge is 0.481 e. The highest BCUT2D eigenvalue weighted by Gasteiger charge is 2.40. The molecule has 0 aromatic carbocycles. The number of hydrogen-bond acceptors (Lipinski definition) is 2. The zero-order valence-corrected chi connectivity index (χ0v) is 10.7. The lowest BCUT2D eigenvalue weighted by molar-refractivity contribution is -0.152. The molecule has 17 heavy (non-hydrogen) atoms. The van der Waals surface area contributed by atoms with Crippen LogP contribution in [0.5, 0.6) is 0 Å². The molecule has 1 heterocycles. The van der Waals surface area contributed by atoms with E-state index in [0.717, 1.165) is 32.4 Å². The van der Waals surface area contributed by atoms with Gasteiger partial charge in [-0.05, 0) is 51.6 Å². The summed E-state index contributed by atoms with van der Waals surface area (Å²) in [4.78, 5) is 13.8. The minimum Gasteiger partial charge on any atom is -0.481 e. The molecule has 1 unspecified atom stereocenters. The number of likely N-dealkylation sites (tertiary alicyclic amines) is 1. The molecule has 3 heteroatoms. The average Bonchev–Trinajstić information content (AvgIpc) is 2.39. The van der Waals surface area contributed by atoms with Crippen molar-refractivity contribution in [3.63, 3.8) is 0 Å². The summed E-state index contributed by atoms with van der Waals surface area (Å²) in [7, 11) is 0. The van der Waals surface area contributed by atoms with E-state index in [1.54, 1.807) is 0 Å². The zero-order valence-electron chi connectivity index (χ0n) is 10.7. The summed E-state index contributed by atoms with van der Waals surface area (Å²) in [6.45, 7) is 3.88. The molecule has 3 nitrogen and oxygen atoms in total. The maximum atomic E-state index is 11.4. The van der Waals surface area contributed by atoms with Crippen LogP contribution in [0.1, 0.15) is 45.4 Å². The molecule has 0 aromatic rings. The van der Waals surface area contributed by atoms with Crippen LogP contribution in [0.4, 0.5) is 0 Å². The standard InChI is InChI=1S/C14H23NO2/c1-2-14(13(16)17)8-10-15(11-9-14)12-6-4-3-5-7-12/h4,6,12H,2-3,5,7-11H2,1H3,(H,16,17). The van der Waals surface area contributed by atoms with Gasteiger partial charge >= 0.3 is 5.97 Å². The van der Waals surface area contributed by atoms with Crippen molar-refractivity contribution in [2.75, 3.05) is 13.1 Å². The highest BCUT2D eigenvalue weighted by atomic mass is 16.4. The van der Waals surface area contributed by atoms with Crippen molar-refractivity contribution in [1.82, 2.24) is 4.90 Å². The number of rotatable bonds is 3. The molecule has 96 valence electrons. The summed E-state index contributed by atoms with van der Waals surface area (Å²) in [5.41, 5.74) is -0.450. The SMILES string of the molecule is CCC1(C(=O)O)CCN(C2C=CCCC2)CC1. The highest BCUT2D eigenvalue weighted by Crippen LogP contribution is 2.36. The van der Waals surface area contributed by atoms with E-state index >= 15 is 0 Å². The first-order chi connectivity index (χ1) is 8.18. The second-order valence-corrected chi connectivity index (χ2v) is 5.40. The van der Waals surface area contributed by atoms with Gasteiger partial charge in [0.05, 0.1) is 5.41 Å². The number of aliphatic carboxylic acids is 1. The molecule has 1 aliphatic heterocycles. The van der Waals surface area contributed by atoms with E-state index in [-0.39, 0.29) is 0 Å². The van der Waals surface area contributed by atoms with E-state index in [1.165, 1.54) is 19.3 Å². The lowest BCUT2D eigenvalue weighted by Gasteiger charge is -2.41. The fourth-order valence-electron chi connectivity index (χ4n) is 3.10. The molecule has 1 fully saturated rings. The van der Waals surface area contributed by atoms with Crippen molar-refractivity contribution < 1.29 is 9.90 Å². The van der Waals surface area contributed by atoms with Crippen molar-refractivity contribution in [2.24, 2.45) is 5.41 Å². The number of nitrogens with zero attached hydrogens (tertiary/aromatic N) is 1. The number of piperidine rings is 1. The summed E-state index contributed by atoms with van der Waals surface area (Å²) in [6, 6.07) is 0.562. The zero-order chi connectivity index (χ0) is 12.3. The van der Waals surface area contributed by atoms with Gasteiger partial charge in [-0.25, -0.2) is 0 Å². The highest BCUT2D eigenvalue weighted by molar-refractivity contribution is 5.74. The Balaban J connectivity index is 1.95. The Morgan fingerprint density at radius 1 is 1.47 bits per heavy atom. The number of carbonyl (C=O) groups is 1. The second kappa shape index (κ2) is 5.21. The monoisotopic (exact) mass is 237 g/mol. The van der Waals surface area contributed by atoms with E-state index < -0.39 is 11.4 Å². The quantitative estimate of drug-likeness (QED) is 0.767. The summed E-state index contributed by atoms with van der Waals surface area (Å²) >= 11 is 0. The van der Waals surface area contributed by atoms with Gasteiger partial charge < -0.3 is 5.11 Å². The number of carboxylic acids is 1. The normalized spacial score (nSPS) is 29.1. The Morgan fingerprint density at radius 3 is 2.65 bits per heavy atom. The van der Waals surface area contributed by atoms with E-state index in [2.05, 4.69) is 17.1 Å². The topological polar surface area (TPSA) is 40.5 Å². The molecular formula is C14H23NO2. The van der Waals surface area contributed by atoms with E-state index in [1.807, 2.05) is 6.92 Å². The first-order valence-corrected chi connectivity index (χ1v) is 6.82. The molecule has 1 saturated heterocycles. The van der Waals surface area contributed by atoms with Gasteiger partial charge in [-0.2, -0.15) is 0 Å². The van der Waals surface area contributed by atoms with Crippen LogP contribution >= 0.6 is 0 Å². The van der Waals surface area contributed by atoms with Crippen LogP contribution in [0.3, 0.4) is 0 Å². The van der Waals surface area contributed by atoms with E-state index in [4.69, 9.17) is 0 Å². The lowest BCUT2D eigenvalue weighted by Crippen LogP contribution is -2.47. The van der Waals surface area contributed by atoms with Crippen LogP contribution < -0.4 is 0 Å². The number of allylic oxidation sites excluding steroid dienone is 1. The van der Waals surface area contributed by atoms with Gasteiger partial charge in [-0.1, -0.05) is 19.1 Å². The summed E-state index contributed by atoms with van der Waals surface area (Å²) in [5.74, 6) is -0.598. The Labute approximate surface area is 103 Å². The summed E-state index contributed by atoms with van der Waals surface area (Å²) in [5, 5.41) is 9.35. The fourth-order valence-corrected chi connectivity index (χ4v) is 3.10. The summed E-state index contributed by atoms with van der Waals surface area (Å²) < 4.78 is 0. The molecule has 0 bridgehead atoms. The smallest absolute Gasteiger partial charge is 0.309 e. The molecule has 0 saturated carbocycles. The average molecular weight is 237 g/mol. The van der Waals surface area contributed by atoms with Crippen LogP contribution in [-0.2, 0) is 4.79 Å².